The van der Waals surface area contributed by atoms with Crippen LogP contribution in [0.25, 0.3) is 0 Å². The normalized spacial score (nSPS) is 26.2. The molecule has 2 atom stereocenters. The van der Waals surface area contributed by atoms with Crippen molar-refractivity contribution >= 4 is 35.0 Å². The van der Waals surface area contributed by atoms with Gasteiger partial charge in [-0.3, -0.25) is 9.89 Å². The first-order valence-electron chi connectivity index (χ1n) is 9.02. The Morgan fingerprint density at radius 1 is 1.32 bits per heavy atom. The molecule has 2 fully saturated rings. The molecule has 9 nitrogen and oxygen atoms in total. The SMILES string of the molecule is C[C@@]12CN(C(=O)CC#N)C[C@]1(C)CN(c1nc(Nc3cn[nH]c3)ncc1Cl)C2. The minimum absolute atomic E-state index is 0.0728. The van der Waals surface area contributed by atoms with Crippen LogP contribution in [0.2, 0.25) is 5.02 Å². The number of rotatable bonds is 4. The molecule has 4 rings (SSSR count). The molecule has 0 spiro atoms. The molecule has 2 aromatic rings. The highest BCUT2D eigenvalue weighted by molar-refractivity contribution is 6.32. The van der Waals surface area contributed by atoms with Crippen molar-refractivity contribution in [3.05, 3.63) is 23.6 Å². The molecule has 0 saturated carbocycles. The number of nitrogens with one attached hydrogen (secondary N) is 2. The number of hydrogen-bond acceptors (Lipinski definition) is 7. The summed E-state index contributed by atoms with van der Waals surface area (Å²) in [6.07, 6.45) is 4.88. The first-order chi connectivity index (χ1) is 13.3. The van der Waals surface area contributed by atoms with E-state index in [9.17, 15) is 4.79 Å². The van der Waals surface area contributed by atoms with E-state index in [1.54, 1.807) is 18.6 Å². The Labute approximate surface area is 167 Å². The van der Waals surface area contributed by atoms with E-state index in [0.29, 0.717) is 29.9 Å². The third-order valence-electron chi connectivity index (χ3n) is 5.98. The molecule has 0 aromatic carbocycles. The lowest BCUT2D eigenvalue weighted by Gasteiger charge is -2.29. The van der Waals surface area contributed by atoms with Crippen molar-refractivity contribution in [2.75, 3.05) is 36.4 Å². The van der Waals surface area contributed by atoms with Crippen LogP contribution in [-0.4, -0.2) is 57.2 Å². The van der Waals surface area contributed by atoms with E-state index in [-0.39, 0.29) is 23.2 Å². The Bertz CT molecular complexity index is 922. The summed E-state index contributed by atoms with van der Waals surface area (Å²) in [5.41, 5.74) is 0.548. The van der Waals surface area contributed by atoms with Gasteiger partial charge in [0, 0.05) is 43.2 Å². The molecule has 2 saturated heterocycles. The second-order valence-corrected chi connectivity index (χ2v) is 8.45. The molecule has 28 heavy (non-hydrogen) atoms. The van der Waals surface area contributed by atoms with Crippen LogP contribution in [0.3, 0.4) is 0 Å². The number of likely N-dealkylation sites (tertiary alicyclic amines) is 1. The number of nitriles is 1. The van der Waals surface area contributed by atoms with Crippen LogP contribution in [-0.2, 0) is 4.79 Å². The Hall–Kier alpha value is -2.86. The van der Waals surface area contributed by atoms with Crippen LogP contribution in [0.4, 0.5) is 17.5 Å². The number of amides is 1. The summed E-state index contributed by atoms with van der Waals surface area (Å²) in [6, 6.07) is 1.95. The standard InChI is InChI=1S/C18H21ClN8O/c1-17-8-26(14(28)3-4-20)9-18(17,2)11-27(10-17)15-13(19)7-21-16(25-15)24-12-5-22-23-6-12/h5-7H,3,8-11H2,1-2H3,(H,22,23)(H,21,24,25)/t17-,18+. The Balaban J connectivity index is 1.55. The lowest BCUT2D eigenvalue weighted by molar-refractivity contribution is -0.129. The molecule has 146 valence electrons. The van der Waals surface area contributed by atoms with Gasteiger partial charge in [0.15, 0.2) is 5.82 Å². The number of anilines is 3. The zero-order valence-electron chi connectivity index (χ0n) is 15.7. The maximum absolute atomic E-state index is 12.2. The average Bonchev–Trinajstić information content (AvgIpc) is 3.29. The molecule has 2 N–H and O–H groups in total. The van der Waals surface area contributed by atoms with Gasteiger partial charge in [-0.25, -0.2) is 4.98 Å². The lowest BCUT2D eigenvalue weighted by atomic mass is 9.71. The van der Waals surface area contributed by atoms with E-state index in [2.05, 4.69) is 44.2 Å². The molecular weight excluding hydrogens is 380 g/mol. The number of hydrogen-bond donors (Lipinski definition) is 2. The molecule has 0 radical (unpaired) electrons. The van der Waals surface area contributed by atoms with Crippen LogP contribution >= 0.6 is 11.6 Å². The number of aromatic amines is 1. The van der Waals surface area contributed by atoms with Gasteiger partial charge in [-0.2, -0.15) is 15.3 Å². The van der Waals surface area contributed by atoms with E-state index in [0.717, 1.165) is 18.8 Å². The minimum Gasteiger partial charge on any atom is -0.354 e. The van der Waals surface area contributed by atoms with Crippen molar-refractivity contribution < 1.29 is 4.79 Å². The highest BCUT2D eigenvalue weighted by Crippen LogP contribution is 2.52. The predicted octanol–water partition coefficient (Wildman–Crippen LogP) is 2.19. The second-order valence-electron chi connectivity index (χ2n) is 8.04. The first-order valence-corrected chi connectivity index (χ1v) is 9.39. The summed E-state index contributed by atoms with van der Waals surface area (Å²) >= 11 is 6.41. The summed E-state index contributed by atoms with van der Waals surface area (Å²) < 4.78 is 0. The van der Waals surface area contributed by atoms with Gasteiger partial charge in [-0.15, -0.1) is 0 Å². The van der Waals surface area contributed by atoms with Crippen molar-refractivity contribution in [2.45, 2.75) is 20.3 Å². The number of aromatic nitrogens is 4. The number of H-pyrrole nitrogens is 1. The van der Waals surface area contributed by atoms with Gasteiger partial charge in [0.1, 0.15) is 11.4 Å². The molecule has 0 bridgehead atoms. The second kappa shape index (κ2) is 6.63. The van der Waals surface area contributed by atoms with Crippen LogP contribution in [0.1, 0.15) is 20.3 Å². The molecule has 0 aliphatic carbocycles. The highest BCUT2D eigenvalue weighted by atomic mass is 35.5. The van der Waals surface area contributed by atoms with Gasteiger partial charge in [0.2, 0.25) is 11.9 Å². The minimum atomic E-state index is -0.107. The van der Waals surface area contributed by atoms with Crippen molar-refractivity contribution in [2.24, 2.45) is 10.8 Å². The lowest BCUT2D eigenvalue weighted by Crippen LogP contribution is -2.35. The molecular formula is C18H21ClN8O. The van der Waals surface area contributed by atoms with Gasteiger partial charge >= 0.3 is 0 Å². The maximum atomic E-state index is 12.2. The number of nitrogens with zero attached hydrogens (tertiary/aromatic N) is 6. The predicted molar refractivity (Wildman–Crippen MR) is 104 cm³/mol. The van der Waals surface area contributed by atoms with E-state index in [4.69, 9.17) is 16.9 Å². The summed E-state index contributed by atoms with van der Waals surface area (Å²) in [4.78, 5) is 25.0. The molecule has 4 heterocycles. The largest absolute Gasteiger partial charge is 0.354 e. The maximum Gasteiger partial charge on any atom is 0.236 e. The molecule has 2 aliphatic heterocycles. The van der Waals surface area contributed by atoms with Crippen molar-refractivity contribution in [3.63, 3.8) is 0 Å². The molecule has 0 unspecified atom stereocenters. The average molecular weight is 401 g/mol. The Kier molecular flexibility index (Phi) is 4.38. The van der Waals surface area contributed by atoms with Gasteiger partial charge < -0.3 is 15.1 Å². The van der Waals surface area contributed by atoms with Crippen molar-refractivity contribution in [1.29, 1.82) is 5.26 Å². The van der Waals surface area contributed by atoms with E-state index in [1.807, 2.05) is 11.0 Å². The van der Waals surface area contributed by atoms with Crippen molar-refractivity contribution in [3.8, 4) is 6.07 Å². The summed E-state index contributed by atoms with van der Waals surface area (Å²) in [5, 5.41) is 19.0. The van der Waals surface area contributed by atoms with Crippen LogP contribution < -0.4 is 10.2 Å². The number of halogens is 1. The summed E-state index contributed by atoms with van der Waals surface area (Å²) in [7, 11) is 0. The highest BCUT2D eigenvalue weighted by Gasteiger charge is 2.58. The molecule has 2 aromatic heterocycles. The summed E-state index contributed by atoms with van der Waals surface area (Å²) in [6.45, 7) is 7.08. The van der Waals surface area contributed by atoms with E-state index < -0.39 is 0 Å². The third kappa shape index (κ3) is 3.03. The van der Waals surface area contributed by atoms with Gasteiger partial charge in [-0.05, 0) is 0 Å². The number of carbonyl (C=O) groups is 1. The zero-order chi connectivity index (χ0) is 19.9. The number of fused-ring (bicyclic) bond motifs is 1. The monoisotopic (exact) mass is 400 g/mol. The van der Waals surface area contributed by atoms with Gasteiger partial charge in [0.25, 0.3) is 0 Å². The fraction of sp³-hybridized carbons (Fsp3) is 0.500. The zero-order valence-corrected chi connectivity index (χ0v) is 16.5. The van der Waals surface area contributed by atoms with Crippen LogP contribution in [0.5, 0.6) is 0 Å². The smallest absolute Gasteiger partial charge is 0.236 e. The molecule has 10 heteroatoms. The third-order valence-corrected chi connectivity index (χ3v) is 6.25. The van der Waals surface area contributed by atoms with Crippen molar-refractivity contribution in [1.82, 2.24) is 25.1 Å². The van der Waals surface area contributed by atoms with Gasteiger partial charge in [-0.1, -0.05) is 25.4 Å². The van der Waals surface area contributed by atoms with E-state index >= 15 is 0 Å². The van der Waals surface area contributed by atoms with Crippen LogP contribution in [0.15, 0.2) is 18.6 Å². The topological polar surface area (TPSA) is 114 Å². The summed E-state index contributed by atoms with van der Waals surface area (Å²) in [5.74, 6) is 1.02. The van der Waals surface area contributed by atoms with Gasteiger partial charge in [0.05, 0.1) is 24.2 Å². The van der Waals surface area contributed by atoms with Crippen LogP contribution in [0, 0.1) is 22.2 Å². The fourth-order valence-corrected chi connectivity index (χ4v) is 4.46. The number of carbonyl (C=O) groups excluding carboxylic acids is 1. The molecule has 2 aliphatic rings. The first kappa shape index (κ1) is 18.5. The van der Waals surface area contributed by atoms with E-state index in [1.165, 1.54) is 0 Å². The molecule has 1 amide bonds. The quantitative estimate of drug-likeness (QED) is 0.808. The Morgan fingerprint density at radius 2 is 2.04 bits per heavy atom. The Morgan fingerprint density at radius 3 is 2.64 bits per heavy atom. The fourth-order valence-electron chi connectivity index (χ4n) is 4.25.